The maximum absolute atomic E-state index is 14.5. The van der Waals surface area contributed by atoms with E-state index in [9.17, 15) is 27.9 Å². The number of carboxylic acid groups (broad SMARTS) is 1. The maximum Gasteiger partial charge on any atom is 0.433 e. The second kappa shape index (κ2) is 12.3. The summed E-state index contributed by atoms with van der Waals surface area (Å²) in [6.07, 6.45) is 2.46. The number of aryl methyl sites for hydroxylation is 1. The molecule has 1 aromatic heterocycles. The van der Waals surface area contributed by atoms with E-state index in [4.69, 9.17) is 23.2 Å². The van der Waals surface area contributed by atoms with Crippen molar-refractivity contribution >= 4 is 35.1 Å². The van der Waals surface area contributed by atoms with Crippen LogP contribution in [0.3, 0.4) is 0 Å². The van der Waals surface area contributed by atoms with Gasteiger partial charge >= 0.3 is 12.1 Å². The van der Waals surface area contributed by atoms with Gasteiger partial charge in [0.2, 0.25) is 0 Å². The molecule has 2 saturated carbocycles. The molecule has 220 valence electrons. The van der Waals surface area contributed by atoms with Crippen molar-refractivity contribution in [1.82, 2.24) is 14.7 Å². The monoisotopic (exact) mass is 601 g/mol. The Morgan fingerprint density at radius 2 is 1.70 bits per heavy atom. The third-order valence-electron chi connectivity index (χ3n) is 8.52. The number of hydrogen-bond acceptors (Lipinski definition) is 3. The van der Waals surface area contributed by atoms with Gasteiger partial charge in [0.05, 0.1) is 23.7 Å². The number of alkyl halides is 3. The molecule has 0 spiro atoms. The fraction of sp³-hybridized carbons (Fsp3) is 0.621. The molecular weight excluding hydrogens is 566 g/mol. The third-order valence-corrected chi connectivity index (χ3v) is 9.20. The zero-order valence-corrected chi connectivity index (χ0v) is 24.4. The molecule has 11 heteroatoms. The minimum absolute atomic E-state index is 0.156. The van der Waals surface area contributed by atoms with E-state index < -0.39 is 41.3 Å². The predicted molar refractivity (Wildman–Crippen MR) is 148 cm³/mol. The number of amides is 1. The molecule has 0 atom stereocenters. The van der Waals surface area contributed by atoms with Crippen LogP contribution in [0, 0.1) is 18.3 Å². The zero-order valence-electron chi connectivity index (χ0n) is 22.9. The number of carbonyl (C=O) groups is 2. The van der Waals surface area contributed by atoms with Gasteiger partial charge in [-0.1, -0.05) is 49.4 Å². The summed E-state index contributed by atoms with van der Waals surface area (Å²) in [5.41, 5.74) is -0.211. The molecule has 0 bridgehead atoms. The normalized spacial score (nSPS) is 21.3. The summed E-state index contributed by atoms with van der Waals surface area (Å²) in [5, 5.41) is 14.3. The maximum atomic E-state index is 14.5. The lowest BCUT2D eigenvalue weighted by Crippen LogP contribution is -2.42. The average molecular weight is 603 g/mol. The van der Waals surface area contributed by atoms with Gasteiger partial charge in [0.25, 0.3) is 5.91 Å². The first-order valence-electron chi connectivity index (χ1n) is 13.9. The molecule has 0 aliphatic heterocycles. The predicted octanol–water partition coefficient (Wildman–Crippen LogP) is 7.99. The van der Waals surface area contributed by atoms with E-state index in [1.807, 2.05) is 6.92 Å². The highest BCUT2D eigenvalue weighted by Gasteiger charge is 2.44. The summed E-state index contributed by atoms with van der Waals surface area (Å²) in [6, 6.07) is 2.94. The van der Waals surface area contributed by atoms with Gasteiger partial charge in [0.15, 0.2) is 5.69 Å². The van der Waals surface area contributed by atoms with Crippen LogP contribution >= 0.6 is 23.2 Å². The van der Waals surface area contributed by atoms with Crippen molar-refractivity contribution in [3.8, 4) is 0 Å². The molecule has 0 unspecified atom stereocenters. The summed E-state index contributed by atoms with van der Waals surface area (Å²) in [7, 11) is 0. The Bertz CT molecular complexity index is 1210. The Morgan fingerprint density at radius 1 is 1.10 bits per heavy atom. The van der Waals surface area contributed by atoms with Gasteiger partial charge < -0.3 is 10.0 Å². The number of carbonyl (C=O) groups excluding carboxylic acids is 1. The first-order valence-corrected chi connectivity index (χ1v) is 14.7. The Hall–Kier alpha value is -2.26. The molecule has 40 heavy (non-hydrogen) atoms. The summed E-state index contributed by atoms with van der Waals surface area (Å²) in [4.78, 5) is 26.8. The molecule has 0 saturated heterocycles. The smallest absolute Gasteiger partial charge is 0.433 e. The average Bonchev–Trinajstić information content (AvgIpc) is 3.33. The topological polar surface area (TPSA) is 75.4 Å². The number of benzene rings is 1. The Labute approximate surface area is 242 Å². The van der Waals surface area contributed by atoms with Crippen molar-refractivity contribution in [2.75, 3.05) is 13.1 Å². The standard InChI is InChI=1S/C29H36Cl2F3N3O3/c1-18-14-23(30)21(24(31)15-18)10-13-36(17-28(2)11-4-3-5-12-28)26(38)22-16-35-37(25(22)29(32,33)34)20-8-6-19(7-9-20)27(39)40/h14-16,19-20H,3-13,17H2,1-2H3,(H,39,40)/t19-,20+. The minimum Gasteiger partial charge on any atom is -0.481 e. The van der Waals surface area contributed by atoms with Crippen LogP contribution in [0.4, 0.5) is 13.2 Å². The van der Waals surface area contributed by atoms with Crippen LogP contribution in [0.1, 0.15) is 97.9 Å². The van der Waals surface area contributed by atoms with E-state index >= 15 is 0 Å². The lowest BCUT2D eigenvalue weighted by atomic mass is 9.75. The SMILES string of the molecule is Cc1cc(Cl)c(CCN(CC2(C)CCCCC2)C(=O)c2cnn([C@H]3CC[C@@H](C(=O)O)CC3)c2C(F)(F)F)c(Cl)c1. The minimum atomic E-state index is -4.81. The van der Waals surface area contributed by atoms with Gasteiger partial charge in [-0.25, -0.2) is 0 Å². The molecule has 0 radical (unpaired) electrons. The van der Waals surface area contributed by atoms with E-state index in [1.54, 1.807) is 12.1 Å². The lowest BCUT2D eigenvalue weighted by molar-refractivity contribution is -0.147. The van der Waals surface area contributed by atoms with Crippen LogP contribution in [-0.2, 0) is 17.4 Å². The van der Waals surface area contributed by atoms with Gasteiger partial charge in [0, 0.05) is 23.1 Å². The number of aromatic nitrogens is 2. The molecular formula is C29H36Cl2F3N3O3. The number of nitrogens with zero attached hydrogens (tertiary/aromatic N) is 3. The first kappa shape index (κ1) is 30.7. The van der Waals surface area contributed by atoms with Crippen LogP contribution in [0.25, 0.3) is 0 Å². The Morgan fingerprint density at radius 3 is 2.25 bits per heavy atom. The molecule has 1 amide bonds. The van der Waals surface area contributed by atoms with Crippen molar-refractivity contribution in [1.29, 1.82) is 0 Å². The number of aliphatic carboxylic acids is 1. The van der Waals surface area contributed by atoms with E-state index in [0.29, 0.717) is 28.6 Å². The van der Waals surface area contributed by atoms with Crippen molar-refractivity contribution in [3.63, 3.8) is 0 Å². The van der Waals surface area contributed by atoms with E-state index in [2.05, 4.69) is 12.0 Å². The summed E-state index contributed by atoms with van der Waals surface area (Å²) in [5.74, 6) is -2.23. The van der Waals surface area contributed by atoms with Gasteiger partial charge in [-0.2, -0.15) is 18.3 Å². The van der Waals surface area contributed by atoms with Gasteiger partial charge in [-0.05, 0) is 80.5 Å². The second-order valence-corrected chi connectivity index (χ2v) is 12.6. The molecule has 1 aromatic carbocycles. The largest absolute Gasteiger partial charge is 0.481 e. The summed E-state index contributed by atoms with van der Waals surface area (Å²) < 4.78 is 44.4. The Kier molecular flexibility index (Phi) is 9.45. The lowest BCUT2D eigenvalue weighted by Gasteiger charge is -2.38. The van der Waals surface area contributed by atoms with Crippen LogP contribution < -0.4 is 0 Å². The molecule has 1 heterocycles. The van der Waals surface area contributed by atoms with E-state index in [0.717, 1.165) is 48.5 Å². The number of carboxylic acids is 1. The van der Waals surface area contributed by atoms with Crippen molar-refractivity contribution in [2.24, 2.45) is 11.3 Å². The summed E-state index contributed by atoms with van der Waals surface area (Å²) in [6.45, 7) is 4.43. The van der Waals surface area contributed by atoms with Crippen molar-refractivity contribution in [3.05, 3.63) is 50.8 Å². The van der Waals surface area contributed by atoms with Crippen molar-refractivity contribution < 1.29 is 27.9 Å². The molecule has 2 aromatic rings. The second-order valence-electron chi connectivity index (χ2n) is 11.7. The van der Waals surface area contributed by atoms with E-state index in [-0.39, 0.29) is 37.6 Å². The zero-order chi connectivity index (χ0) is 29.2. The van der Waals surface area contributed by atoms with Crippen LogP contribution in [0.2, 0.25) is 10.0 Å². The quantitative estimate of drug-likeness (QED) is 0.333. The van der Waals surface area contributed by atoms with Crippen LogP contribution in [-0.4, -0.2) is 44.8 Å². The van der Waals surface area contributed by atoms with Gasteiger partial charge in [-0.15, -0.1) is 0 Å². The number of rotatable bonds is 8. The van der Waals surface area contributed by atoms with Gasteiger partial charge in [-0.3, -0.25) is 14.3 Å². The van der Waals surface area contributed by atoms with E-state index in [1.165, 1.54) is 4.90 Å². The Balaban J connectivity index is 1.65. The molecule has 2 aliphatic carbocycles. The summed E-state index contributed by atoms with van der Waals surface area (Å²) >= 11 is 12.9. The highest BCUT2D eigenvalue weighted by atomic mass is 35.5. The highest BCUT2D eigenvalue weighted by Crippen LogP contribution is 2.41. The first-order chi connectivity index (χ1) is 18.8. The highest BCUT2D eigenvalue weighted by molar-refractivity contribution is 6.36. The molecule has 1 N–H and O–H groups in total. The van der Waals surface area contributed by atoms with Crippen LogP contribution in [0.15, 0.2) is 18.3 Å². The molecule has 2 fully saturated rings. The van der Waals surface area contributed by atoms with Crippen molar-refractivity contribution in [2.45, 2.75) is 90.3 Å². The molecule has 4 rings (SSSR count). The number of halogens is 5. The van der Waals surface area contributed by atoms with Gasteiger partial charge in [0.1, 0.15) is 0 Å². The fourth-order valence-electron chi connectivity index (χ4n) is 6.31. The third kappa shape index (κ3) is 6.96. The fourth-order valence-corrected chi connectivity index (χ4v) is 7.09. The number of hydrogen-bond donors (Lipinski definition) is 1. The molecule has 6 nitrogen and oxygen atoms in total. The van der Waals surface area contributed by atoms with Crippen LogP contribution in [0.5, 0.6) is 0 Å². The molecule has 2 aliphatic rings.